The summed E-state index contributed by atoms with van der Waals surface area (Å²) in [5.74, 6) is -0.175. The molecule has 4 rings (SSSR count). The molecule has 3 heterocycles. The van der Waals surface area contributed by atoms with Crippen molar-refractivity contribution in [1.29, 1.82) is 0 Å². The molecule has 0 saturated carbocycles. The van der Waals surface area contributed by atoms with Gasteiger partial charge in [-0.25, -0.2) is 9.37 Å². The zero-order valence-electron chi connectivity index (χ0n) is 15.0. The molecule has 0 bridgehead atoms. The molecule has 0 fully saturated rings. The molecule has 1 aliphatic heterocycles. The number of aryl methyl sites for hydroxylation is 2. The van der Waals surface area contributed by atoms with E-state index in [4.69, 9.17) is 4.74 Å². The number of carbonyl (C=O) groups is 1. The average molecular weight is 353 g/mol. The minimum absolute atomic E-state index is 0.274. The third-order valence-electron chi connectivity index (χ3n) is 4.96. The molecule has 0 spiro atoms. The molecule has 5 nitrogen and oxygen atoms in total. The van der Waals surface area contributed by atoms with Gasteiger partial charge in [-0.2, -0.15) is 0 Å². The second-order valence-electron chi connectivity index (χ2n) is 6.96. The monoisotopic (exact) mass is 353 g/mol. The van der Waals surface area contributed by atoms with Crippen LogP contribution in [-0.2, 0) is 5.54 Å². The highest BCUT2D eigenvalue weighted by atomic mass is 19.1. The summed E-state index contributed by atoms with van der Waals surface area (Å²) >= 11 is 0. The molecule has 1 amide bonds. The molecule has 0 saturated heterocycles. The number of aromatic nitrogens is 2. The van der Waals surface area contributed by atoms with Crippen molar-refractivity contribution in [2.75, 3.05) is 6.61 Å². The van der Waals surface area contributed by atoms with Crippen LogP contribution in [0.4, 0.5) is 4.39 Å². The van der Waals surface area contributed by atoms with Crippen LogP contribution in [0.3, 0.4) is 0 Å². The molecule has 0 aliphatic carbocycles. The van der Waals surface area contributed by atoms with Crippen LogP contribution < -0.4 is 10.1 Å². The van der Waals surface area contributed by atoms with Crippen LogP contribution in [0.1, 0.15) is 40.7 Å². The minimum Gasteiger partial charge on any atom is -0.493 e. The second-order valence-corrected chi connectivity index (χ2v) is 6.96. The summed E-state index contributed by atoms with van der Waals surface area (Å²) in [6.07, 6.45) is 2.32. The minimum atomic E-state index is -0.844. The first kappa shape index (κ1) is 16.6. The van der Waals surface area contributed by atoms with E-state index in [2.05, 4.69) is 10.3 Å². The van der Waals surface area contributed by atoms with Gasteiger partial charge in [-0.05, 0) is 45.0 Å². The summed E-state index contributed by atoms with van der Waals surface area (Å²) in [5, 5.41) is 3.01. The molecule has 134 valence electrons. The highest BCUT2D eigenvalue weighted by molar-refractivity contribution is 6.00. The van der Waals surface area contributed by atoms with E-state index in [1.54, 1.807) is 18.2 Å². The highest BCUT2D eigenvalue weighted by Crippen LogP contribution is 2.38. The lowest BCUT2D eigenvalue weighted by molar-refractivity contribution is 0.0871. The van der Waals surface area contributed by atoms with Gasteiger partial charge in [-0.3, -0.25) is 4.79 Å². The molecular formula is C20H20FN3O2. The van der Waals surface area contributed by atoms with E-state index in [-0.39, 0.29) is 11.7 Å². The topological polar surface area (TPSA) is 55.6 Å². The molecule has 2 aromatic heterocycles. The van der Waals surface area contributed by atoms with Crippen LogP contribution in [0.2, 0.25) is 0 Å². The molecule has 6 heteroatoms. The fourth-order valence-corrected chi connectivity index (χ4v) is 3.66. The number of nitrogens with one attached hydrogen (secondary N) is 1. The Kier molecular flexibility index (Phi) is 3.72. The van der Waals surface area contributed by atoms with Crippen molar-refractivity contribution >= 4 is 11.6 Å². The van der Waals surface area contributed by atoms with Gasteiger partial charge in [0.2, 0.25) is 0 Å². The summed E-state index contributed by atoms with van der Waals surface area (Å²) in [4.78, 5) is 17.5. The zero-order chi connectivity index (χ0) is 18.5. The first-order valence-electron chi connectivity index (χ1n) is 8.59. The van der Waals surface area contributed by atoms with Crippen molar-refractivity contribution < 1.29 is 13.9 Å². The van der Waals surface area contributed by atoms with Gasteiger partial charge >= 0.3 is 0 Å². The first-order chi connectivity index (χ1) is 12.4. The van der Waals surface area contributed by atoms with E-state index in [0.29, 0.717) is 35.6 Å². The van der Waals surface area contributed by atoms with Crippen molar-refractivity contribution in [2.24, 2.45) is 0 Å². The smallest absolute Gasteiger partial charge is 0.255 e. The molecule has 1 atom stereocenters. The summed E-state index contributed by atoms with van der Waals surface area (Å²) in [6, 6.07) is 8.43. The molecule has 1 unspecified atom stereocenters. The number of halogens is 1. The van der Waals surface area contributed by atoms with Gasteiger partial charge in [0, 0.05) is 24.0 Å². The molecule has 0 radical (unpaired) electrons. The molecule has 3 aromatic rings. The van der Waals surface area contributed by atoms with Crippen LogP contribution >= 0.6 is 0 Å². The number of carbonyl (C=O) groups excluding carboxylic acids is 1. The highest BCUT2D eigenvalue weighted by Gasteiger charge is 2.38. The number of benzene rings is 1. The summed E-state index contributed by atoms with van der Waals surface area (Å²) < 4.78 is 21.9. The third kappa shape index (κ3) is 2.53. The summed E-state index contributed by atoms with van der Waals surface area (Å²) in [5.41, 5.74) is 2.47. The average Bonchev–Trinajstić information content (AvgIpc) is 2.99. The molecule has 1 aliphatic rings. The Labute approximate surface area is 150 Å². The van der Waals surface area contributed by atoms with Crippen molar-refractivity contribution in [1.82, 2.24) is 14.7 Å². The van der Waals surface area contributed by atoms with Crippen molar-refractivity contribution in [3.05, 3.63) is 64.9 Å². The maximum absolute atomic E-state index is 14.5. The Morgan fingerprint density at radius 3 is 2.96 bits per heavy atom. The largest absolute Gasteiger partial charge is 0.493 e. The lowest BCUT2D eigenvalue weighted by Crippen LogP contribution is -2.47. The number of hydrogen-bond donors (Lipinski definition) is 1. The van der Waals surface area contributed by atoms with E-state index in [9.17, 15) is 9.18 Å². The van der Waals surface area contributed by atoms with Crippen molar-refractivity contribution in [3.8, 4) is 5.75 Å². The molecule has 1 aromatic carbocycles. The predicted molar refractivity (Wildman–Crippen MR) is 96.0 cm³/mol. The van der Waals surface area contributed by atoms with Crippen molar-refractivity contribution in [2.45, 2.75) is 32.7 Å². The van der Waals surface area contributed by atoms with Crippen LogP contribution in [0.25, 0.3) is 5.65 Å². The quantitative estimate of drug-likeness (QED) is 0.767. The van der Waals surface area contributed by atoms with Gasteiger partial charge in [-0.15, -0.1) is 0 Å². The van der Waals surface area contributed by atoms with Gasteiger partial charge in [-0.1, -0.05) is 6.07 Å². The fraction of sp³-hybridized carbons (Fsp3) is 0.300. The lowest BCUT2D eigenvalue weighted by atomic mass is 9.85. The summed E-state index contributed by atoms with van der Waals surface area (Å²) in [6.45, 7) is 6.11. The van der Waals surface area contributed by atoms with Gasteiger partial charge < -0.3 is 14.5 Å². The number of hydrogen-bond acceptors (Lipinski definition) is 3. The number of amides is 1. The normalized spacial score (nSPS) is 19.1. The van der Waals surface area contributed by atoms with Crippen LogP contribution in [-0.4, -0.2) is 21.9 Å². The van der Waals surface area contributed by atoms with Crippen molar-refractivity contribution in [3.63, 3.8) is 0 Å². The van der Waals surface area contributed by atoms with Gasteiger partial charge in [0.15, 0.2) is 0 Å². The Morgan fingerprint density at radius 2 is 2.15 bits per heavy atom. The Bertz CT molecular complexity index is 1030. The standard InChI is InChI=1S/C20H20FN3O2/c1-12-11-13(2)24-9-7-14(18(24)22-12)19(25)23-20(3)8-10-26-16-6-4-5-15(21)17(16)20/h4-7,9,11H,8,10H2,1-3H3,(H,23,25). The van der Waals surface area contributed by atoms with E-state index in [1.807, 2.05) is 37.4 Å². The van der Waals surface area contributed by atoms with E-state index < -0.39 is 5.54 Å². The lowest BCUT2D eigenvalue weighted by Gasteiger charge is -2.36. The van der Waals surface area contributed by atoms with Crippen LogP contribution in [0, 0.1) is 19.7 Å². The SMILES string of the molecule is Cc1cc(C)n2ccc(C(=O)NC3(C)CCOc4cccc(F)c43)c2n1. The van der Waals surface area contributed by atoms with Crippen LogP contribution in [0.5, 0.6) is 5.75 Å². The Morgan fingerprint density at radius 1 is 1.35 bits per heavy atom. The third-order valence-corrected chi connectivity index (χ3v) is 4.96. The molecular weight excluding hydrogens is 333 g/mol. The van der Waals surface area contributed by atoms with Crippen LogP contribution in [0.15, 0.2) is 36.5 Å². The molecule has 1 N–H and O–H groups in total. The predicted octanol–water partition coefficient (Wildman–Crippen LogP) is 3.52. The second kappa shape index (κ2) is 5.83. The van der Waals surface area contributed by atoms with E-state index >= 15 is 0 Å². The number of nitrogens with zero attached hydrogens (tertiary/aromatic N) is 2. The van der Waals surface area contributed by atoms with Gasteiger partial charge in [0.05, 0.1) is 23.3 Å². The van der Waals surface area contributed by atoms with E-state index in [1.165, 1.54) is 6.07 Å². The number of ether oxygens (including phenoxy) is 1. The first-order valence-corrected chi connectivity index (χ1v) is 8.59. The maximum Gasteiger partial charge on any atom is 0.255 e. The summed E-state index contributed by atoms with van der Waals surface area (Å²) in [7, 11) is 0. The Hall–Kier alpha value is -2.89. The van der Waals surface area contributed by atoms with E-state index in [0.717, 1.165) is 11.4 Å². The zero-order valence-corrected chi connectivity index (χ0v) is 15.0. The number of rotatable bonds is 2. The molecule has 26 heavy (non-hydrogen) atoms. The Balaban J connectivity index is 1.74. The maximum atomic E-state index is 14.5. The number of fused-ring (bicyclic) bond motifs is 2. The van der Waals surface area contributed by atoms with Gasteiger partial charge in [0.1, 0.15) is 17.2 Å². The van der Waals surface area contributed by atoms with Gasteiger partial charge in [0.25, 0.3) is 5.91 Å². The fourth-order valence-electron chi connectivity index (χ4n) is 3.66.